The van der Waals surface area contributed by atoms with Gasteiger partial charge in [0.05, 0.1) is 6.04 Å². The van der Waals surface area contributed by atoms with Crippen molar-refractivity contribution >= 4 is 31.5 Å². The third kappa shape index (κ3) is 6.62. The van der Waals surface area contributed by atoms with E-state index in [9.17, 15) is 4.79 Å². The summed E-state index contributed by atoms with van der Waals surface area (Å²) in [6.07, 6.45) is -0.661. The number of carbonyl (C=O) groups excluding carboxylic acids is 1. The van der Waals surface area contributed by atoms with Gasteiger partial charge in [-0.25, -0.2) is 0 Å². The third-order valence-corrected chi connectivity index (χ3v) is 11.0. The number of hydrogen-bond donors (Lipinski definition) is 1. The van der Waals surface area contributed by atoms with Gasteiger partial charge in [0, 0.05) is 5.56 Å². The maximum atomic E-state index is 13.2. The van der Waals surface area contributed by atoms with Crippen LogP contribution in [0.3, 0.4) is 0 Å². The van der Waals surface area contributed by atoms with E-state index in [2.05, 4.69) is 39.2 Å². The predicted molar refractivity (Wildman–Crippen MR) is 145 cm³/mol. The quantitative estimate of drug-likeness (QED) is 0.273. The number of ether oxygens (including phenoxy) is 1. The lowest BCUT2D eigenvalue weighted by molar-refractivity contribution is 0.0895. The Kier molecular flexibility index (Phi) is 8.41. The lowest BCUT2D eigenvalue weighted by Crippen LogP contribution is -2.51. The number of nitrogens with one attached hydrogen (secondary N) is 1. The molecule has 3 rings (SSSR count). The topological polar surface area (TPSA) is 47.6 Å². The monoisotopic (exact) mass is 491 g/mol. The van der Waals surface area contributed by atoms with Gasteiger partial charge in [-0.15, -0.1) is 0 Å². The Morgan fingerprint density at radius 2 is 1.35 bits per heavy atom. The molecule has 0 bridgehead atoms. The van der Waals surface area contributed by atoms with Gasteiger partial charge in [0.2, 0.25) is 0 Å². The van der Waals surface area contributed by atoms with Crippen LogP contribution in [0.25, 0.3) is 0 Å². The summed E-state index contributed by atoms with van der Waals surface area (Å²) in [7, 11) is -2.29. The van der Waals surface area contributed by atoms with Crippen molar-refractivity contribution in [3.05, 3.63) is 102 Å². The standard InChI is InChI=1S/C28H33NO3SSi/c1-28(2,3)34(4,5)32-25(27(33)31-23-19-13-8-14-20-23)24(21-15-9-6-10-16-21)29-26(30)22-17-11-7-12-18-22/h6-20,24-25H,1-5H3,(H,29,30)/t24-,25+/m1/s1. The van der Waals surface area contributed by atoms with E-state index < -0.39 is 20.5 Å². The largest absolute Gasteiger partial charge is 0.447 e. The molecule has 0 spiro atoms. The second kappa shape index (κ2) is 11.1. The minimum Gasteiger partial charge on any atom is -0.447 e. The summed E-state index contributed by atoms with van der Waals surface area (Å²) in [5.74, 6) is 0.443. The molecule has 0 aliphatic carbocycles. The van der Waals surface area contributed by atoms with E-state index in [1.165, 1.54) is 0 Å². The maximum absolute atomic E-state index is 13.2. The highest BCUT2D eigenvalue weighted by Gasteiger charge is 2.43. The number of amides is 1. The second-order valence-corrected chi connectivity index (χ2v) is 14.9. The van der Waals surface area contributed by atoms with E-state index in [1.54, 1.807) is 12.1 Å². The molecule has 4 nitrogen and oxygen atoms in total. The first kappa shape index (κ1) is 25.8. The van der Waals surface area contributed by atoms with E-state index in [-0.39, 0.29) is 10.9 Å². The van der Waals surface area contributed by atoms with Crippen LogP contribution < -0.4 is 10.1 Å². The van der Waals surface area contributed by atoms with Crippen molar-refractivity contribution in [1.82, 2.24) is 5.32 Å². The van der Waals surface area contributed by atoms with Gasteiger partial charge in [0.25, 0.3) is 5.91 Å². The zero-order valence-electron chi connectivity index (χ0n) is 20.4. The van der Waals surface area contributed by atoms with E-state index in [1.807, 2.05) is 78.9 Å². The molecule has 0 heterocycles. The maximum Gasteiger partial charge on any atom is 0.251 e. The highest BCUT2D eigenvalue weighted by Crippen LogP contribution is 2.39. The van der Waals surface area contributed by atoms with Crippen molar-refractivity contribution < 1.29 is 14.0 Å². The van der Waals surface area contributed by atoms with Crippen LogP contribution in [0.2, 0.25) is 18.1 Å². The van der Waals surface area contributed by atoms with Gasteiger partial charge in [0.1, 0.15) is 11.9 Å². The minimum absolute atomic E-state index is 0.0573. The van der Waals surface area contributed by atoms with Crippen LogP contribution in [0, 0.1) is 0 Å². The number of rotatable bonds is 8. The van der Waals surface area contributed by atoms with Crippen molar-refractivity contribution in [1.29, 1.82) is 0 Å². The van der Waals surface area contributed by atoms with Crippen molar-refractivity contribution in [3.8, 4) is 5.75 Å². The fourth-order valence-electron chi connectivity index (χ4n) is 3.22. The summed E-state index contributed by atoms with van der Waals surface area (Å²) < 4.78 is 12.9. The summed E-state index contributed by atoms with van der Waals surface area (Å²) in [5, 5.41) is 3.41. The Morgan fingerprint density at radius 3 is 1.88 bits per heavy atom. The van der Waals surface area contributed by atoms with Crippen molar-refractivity contribution in [2.45, 2.75) is 51.0 Å². The molecule has 0 aromatic heterocycles. The second-order valence-electron chi connectivity index (χ2n) is 9.76. The summed E-state index contributed by atoms with van der Waals surface area (Å²) >= 11 is 5.82. The lowest BCUT2D eigenvalue weighted by atomic mass is 10.0. The molecule has 3 aromatic carbocycles. The minimum atomic E-state index is -2.29. The first-order chi connectivity index (χ1) is 16.1. The molecule has 3 aromatic rings. The molecule has 6 heteroatoms. The molecule has 178 valence electrons. The van der Waals surface area contributed by atoms with Gasteiger partial charge in [-0.2, -0.15) is 0 Å². The highest BCUT2D eigenvalue weighted by molar-refractivity contribution is 7.80. The number of thiocarbonyl (C=S) groups is 1. The van der Waals surface area contributed by atoms with Crippen molar-refractivity contribution in [3.63, 3.8) is 0 Å². The molecule has 0 saturated carbocycles. The lowest BCUT2D eigenvalue weighted by Gasteiger charge is -2.41. The van der Waals surface area contributed by atoms with Crippen LogP contribution in [0.1, 0.15) is 42.7 Å². The summed E-state index contributed by atoms with van der Waals surface area (Å²) in [4.78, 5) is 13.2. The van der Waals surface area contributed by atoms with Gasteiger partial charge >= 0.3 is 0 Å². The van der Waals surface area contributed by atoms with Crippen LogP contribution in [0.15, 0.2) is 91.0 Å². The summed E-state index contributed by atoms with van der Waals surface area (Å²) in [6.45, 7) is 10.9. The van der Waals surface area contributed by atoms with Gasteiger partial charge in [-0.1, -0.05) is 87.5 Å². The Hall–Kier alpha value is -2.80. The zero-order valence-corrected chi connectivity index (χ0v) is 22.3. The Morgan fingerprint density at radius 1 is 0.853 bits per heavy atom. The fourth-order valence-corrected chi connectivity index (χ4v) is 4.81. The number of hydrogen-bond acceptors (Lipinski definition) is 4. The molecule has 34 heavy (non-hydrogen) atoms. The smallest absolute Gasteiger partial charge is 0.251 e. The van der Waals surface area contributed by atoms with E-state index in [0.29, 0.717) is 16.4 Å². The highest BCUT2D eigenvalue weighted by atomic mass is 32.1. The Labute approximate surface area is 209 Å². The normalized spacial score (nSPS) is 13.6. The van der Waals surface area contributed by atoms with Crippen LogP contribution in [0.4, 0.5) is 0 Å². The van der Waals surface area contributed by atoms with E-state index >= 15 is 0 Å². The number of para-hydroxylation sites is 1. The van der Waals surface area contributed by atoms with Gasteiger partial charge in [-0.05, 0) is 60.2 Å². The van der Waals surface area contributed by atoms with Gasteiger partial charge < -0.3 is 14.5 Å². The molecule has 2 atom stereocenters. The first-order valence-corrected chi connectivity index (χ1v) is 14.8. The molecule has 1 N–H and O–H groups in total. The van der Waals surface area contributed by atoms with Crippen LogP contribution >= 0.6 is 12.2 Å². The van der Waals surface area contributed by atoms with Crippen molar-refractivity contribution in [2.75, 3.05) is 0 Å². The summed E-state index contributed by atoms with van der Waals surface area (Å²) in [5.41, 5.74) is 1.47. The first-order valence-electron chi connectivity index (χ1n) is 11.4. The Bertz CT molecular complexity index is 1080. The molecule has 1 amide bonds. The molecule has 0 fully saturated rings. The molecular formula is C28H33NO3SSi. The number of carbonyl (C=O) groups is 1. The van der Waals surface area contributed by atoms with Gasteiger partial charge in [0.15, 0.2) is 13.4 Å². The average molecular weight is 492 g/mol. The van der Waals surface area contributed by atoms with E-state index in [0.717, 1.165) is 5.56 Å². The van der Waals surface area contributed by atoms with Crippen LogP contribution in [-0.4, -0.2) is 25.4 Å². The van der Waals surface area contributed by atoms with E-state index in [4.69, 9.17) is 21.4 Å². The average Bonchev–Trinajstić information content (AvgIpc) is 2.82. The molecular weight excluding hydrogens is 458 g/mol. The molecule has 0 saturated heterocycles. The zero-order chi connectivity index (χ0) is 24.8. The van der Waals surface area contributed by atoms with Gasteiger partial charge in [-0.3, -0.25) is 4.79 Å². The summed E-state index contributed by atoms with van der Waals surface area (Å²) in [6, 6.07) is 27.9. The third-order valence-electron chi connectivity index (χ3n) is 6.21. The molecule has 0 unspecified atom stereocenters. The SMILES string of the molecule is CC(C)(C)[Si](C)(C)O[C@H](C(=S)Oc1ccccc1)[C@H](NC(=O)c1ccccc1)c1ccccc1. The van der Waals surface area contributed by atoms with Crippen LogP contribution in [-0.2, 0) is 4.43 Å². The molecule has 0 aliphatic heterocycles. The predicted octanol–water partition coefficient (Wildman–Crippen LogP) is 6.95. The molecule has 0 radical (unpaired) electrons. The van der Waals surface area contributed by atoms with Crippen molar-refractivity contribution in [2.24, 2.45) is 0 Å². The molecule has 0 aliphatic rings. The Balaban J connectivity index is 2.02. The number of benzene rings is 3. The fraction of sp³-hybridized carbons (Fsp3) is 0.286. The van der Waals surface area contributed by atoms with Crippen LogP contribution in [0.5, 0.6) is 5.75 Å².